The van der Waals surface area contributed by atoms with Crippen molar-refractivity contribution < 1.29 is 0 Å². The fourth-order valence-corrected chi connectivity index (χ4v) is 3.83. The second-order valence-electron chi connectivity index (χ2n) is 5.24. The molecule has 0 bridgehead atoms. The molecule has 1 aromatic carbocycles. The summed E-state index contributed by atoms with van der Waals surface area (Å²) in [6.07, 6.45) is 5.06. The van der Waals surface area contributed by atoms with E-state index in [0.717, 1.165) is 8.95 Å². The number of nitrogens with zero attached hydrogens (tertiary/aromatic N) is 1. The molecule has 1 atom stereocenters. The maximum atomic E-state index is 3.68. The summed E-state index contributed by atoms with van der Waals surface area (Å²) in [5.41, 5.74) is 1.21. The average Bonchev–Trinajstić information content (AvgIpc) is 2.59. The van der Waals surface area contributed by atoms with E-state index < -0.39 is 0 Å². The predicted molar refractivity (Wildman–Crippen MR) is 89.8 cm³/mol. The van der Waals surface area contributed by atoms with Crippen LogP contribution in [0.15, 0.2) is 27.1 Å². The Morgan fingerprint density at radius 1 is 1.26 bits per heavy atom. The summed E-state index contributed by atoms with van der Waals surface area (Å²) in [7, 11) is 0. The van der Waals surface area contributed by atoms with Gasteiger partial charge in [0.15, 0.2) is 0 Å². The van der Waals surface area contributed by atoms with Gasteiger partial charge in [-0.1, -0.05) is 22.9 Å². The highest BCUT2D eigenvalue weighted by atomic mass is 79.9. The quantitative estimate of drug-likeness (QED) is 0.788. The zero-order valence-corrected chi connectivity index (χ0v) is 14.6. The SMILES string of the molecule is CCCN1CCCC(Nc2ccc(Br)cc2Br)CC1. The van der Waals surface area contributed by atoms with Crippen molar-refractivity contribution in [2.75, 3.05) is 25.0 Å². The van der Waals surface area contributed by atoms with E-state index in [1.54, 1.807) is 0 Å². The summed E-state index contributed by atoms with van der Waals surface area (Å²) in [5, 5.41) is 3.68. The smallest absolute Gasteiger partial charge is 0.0487 e. The van der Waals surface area contributed by atoms with Gasteiger partial charge in [0.25, 0.3) is 0 Å². The summed E-state index contributed by atoms with van der Waals surface area (Å²) in [4.78, 5) is 2.60. The van der Waals surface area contributed by atoms with E-state index in [4.69, 9.17) is 0 Å². The van der Waals surface area contributed by atoms with Crippen LogP contribution in [-0.4, -0.2) is 30.6 Å². The zero-order chi connectivity index (χ0) is 13.7. The first-order valence-corrected chi connectivity index (χ1v) is 8.71. The molecule has 1 aliphatic heterocycles. The molecule has 1 heterocycles. The van der Waals surface area contributed by atoms with E-state index in [-0.39, 0.29) is 0 Å². The van der Waals surface area contributed by atoms with Crippen molar-refractivity contribution in [2.24, 2.45) is 0 Å². The highest BCUT2D eigenvalue weighted by Gasteiger charge is 2.16. The largest absolute Gasteiger partial charge is 0.381 e. The van der Waals surface area contributed by atoms with Crippen molar-refractivity contribution in [1.82, 2.24) is 4.90 Å². The summed E-state index contributed by atoms with van der Waals surface area (Å²) in [6, 6.07) is 6.93. The van der Waals surface area contributed by atoms with Crippen LogP contribution in [0.5, 0.6) is 0 Å². The third kappa shape index (κ3) is 4.76. The molecule has 2 nitrogen and oxygen atoms in total. The fraction of sp³-hybridized carbons (Fsp3) is 0.600. The lowest BCUT2D eigenvalue weighted by molar-refractivity contribution is 0.285. The lowest BCUT2D eigenvalue weighted by Crippen LogP contribution is -2.27. The van der Waals surface area contributed by atoms with Gasteiger partial charge in [-0.25, -0.2) is 0 Å². The van der Waals surface area contributed by atoms with E-state index in [1.165, 1.54) is 51.0 Å². The Labute approximate surface area is 133 Å². The third-order valence-electron chi connectivity index (χ3n) is 3.65. The molecule has 0 spiro atoms. The Morgan fingerprint density at radius 3 is 2.84 bits per heavy atom. The van der Waals surface area contributed by atoms with Gasteiger partial charge >= 0.3 is 0 Å². The van der Waals surface area contributed by atoms with Crippen LogP contribution in [0.3, 0.4) is 0 Å². The van der Waals surface area contributed by atoms with Crippen LogP contribution in [0.4, 0.5) is 5.69 Å². The first kappa shape index (κ1) is 15.3. The molecule has 0 amide bonds. The molecule has 19 heavy (non-hydrogen) atoms. The van der Waals surface area contributed by atoms with Gasteiger partial charge in [-0.2, -0.15) is 0 Å². The standard InChI is InChI=1S/C15H22Br2N2/c1-2-8-19-9-3-4-13(7-10-19)18-15-6-5-12(16)11-14(15)17/h5-6,11,13,18H,2-4,7-10H2,1H3. The van der Waals surface area contributed by atoms with Gasteiger partial charge in [0, 0.05) is 27.2 Å². The van der Waals surface area contributed by atoms with Crippen molar-refractivity contribution in [3.8, 4) is 0 Å². The molecule has 1 aromatic rings. The van der Waals surface area contributed by atoms with Crippen LogP contribution < -0.4 is 5.32 Å². The highest BCUT2D eigenvalue weighted by Crippen LogP contribution is 2.28. The molecular formula is C15H22Br2N2. The maximum Gasteiger partial charge on any atom is 0.0487 e. The number of benzene rings is 1. The zero-order valence-electron chi connectivity index (χ0n) is 11.5. The van der Waals surface area contributed by atoms with E-state index in [2.05, 4.69) is 67.2 Å². The number of hydrogen-bond donors (Lipinski definition) is 1. The number of hydrogen-bond acceptors (Lipinski definition) is 2. The van der Waals surface area contributed by atoms with Gasteiger partial charge in [0.2, 0.25) is 0 Å². The van der Waals surface area contributed by atoms with Gasteiger partial charge in [0.1, 0.15) is 0 Å². The summed E-state index contributed by atoms with van der Waals surface area (Å²) in [6.45, 7) is 5.99. The highest BCUT2D eigenvalue weighted by molar-refractivity contribution is 9.11. The van der Waals surface area contributed by atoms with Crippen LogP contribution in [-0.2, 0) is 0 Å². The Morgan fingerprint density at radius 2 is 2.11 bits per heavy atom. The van der Waals surface area contributed by atoms with Gasteiger partial charge in [0.05, 0.1) is 0 Å². The van der Waals surface area contributed by atoms with Gasteiger partial charge in [-0.15, -0.1) is 0 Å². The van der Waals surface area contributed by atoms with Crippen molar-refractivity contribution in [1.29, 1.82) is 0 Å². The lowest BCUT2D eigenvalue weighted by atomic mass is 10.1. The topological polar surface area (TPSA) is 15.3 Å². The third-order valence-corrected chi connectivity index (χ3v) is 4.80. The molecule has 1 unspecified atom stereocenters. The molecule has 0 aliphatic carbocycles. The molecule has 0 radical (unpaired) electrons. The minimum absolute atomic E-state index is 0.597. The second kappa shape index (κ2) is 7.65. The average molecular weight is 390 g/mol. The van der Waals surface area contributed by atoms with Crippen molar-refractivity contribution >= 4 is 37.5 Å². The minimum Gasteiger partial charge on any atom is -0.381 e. The Balaban J connectivity index is 1.92. The molecule has 0 saturated carbocycles. The number of nitrogens with one attached hydrogen (secondary N) is 1. The molecule has 0 aromatic heterocycles. The maximum absolute atomic E-state index is 3.68. The second-order valence-corrected chi connectivity index (χ2v) is 7.01. The normalized spacial score (nSPS) is 21.1. The first-order valence-electron chi connectivity index (χ1n) is 7.13. The molecular weight excluding hydrogens is 368 g/mol. The number of halogens is 2. The Bertz CT molecular complexity index is 409. The van der Waals surface area contributed by atoms with Crippen LogP contribution in [0.1, 0.15) is 32.6 Å². The molecule has 2 rings (SSSR count). The minimum atomic E-state index is 0.597. The van der Waals surface area contributed by atoms with Crippen LogP contribution in [0.25, 0.3) is 0 Å². The first-order chi connectivity index (χ1) is 9.19. The van der Waals surface area contributed by atoms with Crippen molar-refractivity contribution in [2.45, 2.75) is 38.6 Å². The van der Waals surface area contributed by atoms with E-state index in [0.29, 0.717) is 6.04 Å². The Hall–Kier alpha value is -0.0600. The predicted octanol–water partition coefficient (Wildman–Crippen LogP) is 4.89. The van der Waals surface area contributed by atoms with Crippen molar-refractivity contribution in [3.05, 3.63) is 27.1 Å². The molecule has 1 N–H and O–H groups in total. The van der Waals surface area contributed by atoms with Crippen LogP contribution in [0, 0.1) is 0 Å². The molecule has 1 fully saturated rings. The Kier molecular flexibility index (Phi) is 6.17. The van der Waals surface area contributed by atoms with E-state index in [1.807, 2.05) is 0 Å². The molecule has 1 aliphatic rings. The van der Waals surface area contributed by atoms with Gasteiger partial charge in [-0.3, -0.25) is 0 Å². The fourth-order valence-electron chi connectivity index (χ4n) is 2.67. The van der Waals surface area contributed by atoms with Crippen molar-refractivity contribution in [3.63, 3.8) is 0 Å². The monoisotopic (exact) mass is 388 g/mol. The van der Waals surface area contributed by atoms with E-state index >= 15 is 0 Å². The number of anilines is 1. The summed E-state index contributed by atoms with van der Waals surface area (Å²) >= 11 is 7.12. The summed E-state index contributed by atoms with van der Waals surface area (Å²) in [5.74, 6) is 0. The van der Waals surface area contributed by atoms with Crippen LogP contribution in [0.2, 0.25) is 0 Å². The molecule has 4 heteroatoms. The lowest BCUT2D eigenvalue weighted by Gasteiger charge is -2.20. The summed E-state index contributed by atoms with van der Waals surface area (Å²) < 4.78 is 2.25. The van der Waals surface area contributed by atoms with E-state index in [9.17, 15) is 0 Å². The van der Waals surface area contributed by atoms with Crippen LogP contribution >= 0.6 is 31.9 Å². The number of likely N-dealkylation sites (tertiary alicyclic amines) is 1. The molecule has 106 valence electrons. The van der Waals surface area contributed by atoms with Gasteiger partial charge < -0.3 is 10.2 Å². The van der Waals surface area contributed by atoms with Gasteiger partial charge in [-0.05, 0) is 72.9 Å². The molecule has 1 saturated heterocycles. The number of rotatable bonds is 4.